The Morgan fingerprint density at radius 1 is 1.09 bits per heavy atom. The van der Waals surface area contributed by atoms with Gasteiger partial charge in [0.2, 0.25) is 11.8 Å². The smallest absolute Gasteiger partial charge is 0.255 e. The third-order valence-electron chi connectivity index (χ3n) is 7.59. The molecule has 2 aromatic rings. The molecular weight excluding hydrogens is 440 g/mol. The first kappa shape index (κ1) is 23.3. The van der Waals surface area contributed by atoms with Crippen LogP contribution in [0.2, 0.25) is 0 Å². The Bertz CT molecular complexity index is 1180. The summed E-state index contributed by atoms with van der Waals surface area (Å²) >= 11 is 0. The average molecular weight is 471 g/mol. The van der Waals surface area contributed by atoms with Crippen molar-refractivity contribution in [3.8, 4) is 12.3 Å². The molecule has 180 valence electrons. The summed E-state index contributed by atoms with van der Waals surface area (Å²) in [6, 6.07) is 9.30. The minimum Gasteiger partial charge on any atom is -0.322 e. The molecule has 1 aromatic carbocycles. The molecule has 1 atom stereocenters. The first-order valence-electron chi connectivity index (χ1n) is 12.4. The predicted molar refractivity (Wildman–Crippen MR) is 131 cm³/mol. The highest BCUT2D eigenvalue weighted by molar-refractivity contribution is 6.05. The molecule has 7 nitrogen and oxygen atoms in total. The van der Waals surface area contributed by atoms with Crippen molar-refractivity contribution >= 4 is 17.7 Å². The van der Waals surface area contributed by atoms with E-state index >= 15 is 0 Å². The monoisotopic (exact) mass is 470 g/mol. The number of fused-ring (bicyclic) bond motifs is 1. The maximum Gasteiger partial charge on any atom is 0.255 e. The van der Waals surface area contributed by atoms with E-state index in [1.54, 1.807) is 4.90 Å². The molecule has 4 heterocycles. The minimum atomic E-state index is -0.567. The second-order valence-corrected chi connectivity index (χ2v) is 9.80. The number of hydrogen-bond donors (Lipinski definition) is 1. The van der Waals surface area contributed by atoms with Crippen molar-refractivity contribution in [1.29, 1.82) is 0 Å². The first-order chi connectivity index (χ1) is 17.0. The number of terminal acetylenes is 1. The zero-order chi connectivity index (χ0) is 24.4. The van der Waals surface area contributed by atoms with Crippen LogP contribution < -0.4 is 5.32 Å². The summed E-state index contributed by atoms with van der Waals surface area (Å²) in [5.41, 5.74) is 4.80. The number of carbonyl (C=O) groups excluding carboxylic acids is 3. The Hall–Kier alpha value is -3.50. The third-order valence-corrected chi connectivity index (χ3v) is 7.59. The number of hydrogen-bond acceptors (Lipinski definition) is 5. The van der Waals surface area contributed by atoms with Crippen molar-refractivity contribution in [3.63, 3.8) is 0 Å². The van der Waals surface area contributed by atoms with Crippen LogP contribution in [-0.4, -0.2) is 51.6 Å². The lowest BCUT2D eigenvalue weighted by Gasteiger charge is -2.32. The fraction of sp³-hybridized carbons (Fsp3) is 0.429. The maximum absolute atomic E-state index is 13.0. The largest absolute Gasteiger partial charge is 0.322 e. The molecule has 5 rings (SSSR count). The Kier molecular flexibility index (Phi) is 6.65. The van der Waals surface area contributed by atoms with Crippen LogP contribution >= 0.6 is 0 Å². The van der Waals surface area contributed by atoms with Gasteiger partial charge < -0.3 is 4.90 Å². The van der Waals surface area contributed by atoms with Crippen LogP contribution in [-0.2, 0) is 29.1 Å². The number of imide groups is 1. The third kappa shape index (κ3) is 4.98. The number of amides is 3. The van der Waals surface area contributed by atoms with Crippen LogP contribution in [0.4, 0.5) is 0 Å². The summed E-state index contributed by atoms with van der Waals surface area (Å²) in [5, 5.41) is 2.37. The topological polar surface area (TPSA) is 82.6 Å². The summed E-state index contributed by atoms with van der Waals surface area (Å²) < 4.78 is 0. The Morgan fingerprint density at radius 3 is 2.63 bits per heavy atom. The van der Waals surface area contributed by atoms with Crippen molar-refractivity contribution in [2.45, 2.75) is 57.7 Å². The van der Waals surface area contributed by atoms with E-state index in [0.717, 1.165) is 50.9 Å². The SMILES string of the molecule is C#Cc1ccc(CN2CCC(CCc3cccc4c3CN(C3CCC(=O)NC3=O)C4=O)CC2)cn1. The molecule has 0 radical (unpaired) electrons. The summed E-state index contributed by atoms with van der Waals surface area (Å²) in [6.07, 6.45) is 12.3. The van der Waals surface area contributed by atoms with E-state index in [-0.39, 0.29) is 24.1 Å². The molecule has 1 unspecified atom stereocenters. The molecule has 0 aliphatic carbocycles. The van der Waals surface area contributed by atoms with Gasteiger partial charge in [0.1, 0.15) is 11.7 Å². The quantitative estimate of drug-likeness (QED) is 0.519. The van der Waals surface area contributed by atoms with Gasteiger partial charge in [-0.2, -0.15) is 0 Å². The van der Waals surface area contributed by atoms with Crippen LogP contribution in [0.1, 0.15) is 64.8 Å². The Balaban J connectivity index is 1.15. The second kappa shape index (κ2) is 10.0. The zero-order valence-corrected chi connectivity index (χ0v) is 19.8. The number of nitrogens with zero attached hydrogens (tertiary/aromatic N) is 3. The highest BCUT2D eigenvalue weighted by Crippen LogP contribution is 2.32. The van der Waals surface area contributed by atoms with Gasteiger partial charge in [0.15, 0.2) is 0 Å². The number of benzene rings is 1. The number of carbonyl (C=O) groups is 3. The molecule has 2 fully saturated rings. The predicted octanol–water partition coefficient (Wildman–Crippen LogP) is 2.67. The normalized spacial score (nSPS) is 21.1. The standard InChI is InChI=1S/C28H30N4O3/c1-2-22-9-7-20(16-29-22)17-31-14-12-19(13-15-31)6-8-21-4-3-5-23-24(21)18-32(28(23)35)25-10-11-26(33)30-27(25)34/h1,3-5,7,9,16,19,25H,6,8,10-15,17-18H2,(H,30,33,34). The van der Waals surface area contributed by atoms with Gasteiger partial charge in [-0.1, -0.05) is 24.1 Å². The van der Waals surface area contributed by atoms with Crippen LogP contribution in [0, 0.1) is 18.3 Å². The first-order valence-corrected chi connectivity index (χ1v) is 12.4. The summed E-state index contributed by atoms with van der Waals surface area (Å²) in [7, 11) is 0. The summed E-state index contributed by atoms with van der Waals surface area (Å²) in [6.45, 7) is 3.48. The number of likely N-dealkylation sites (tertiary alicyclic amines) is 1. The Labute approximate surface area is 205 Å². The molecule has 0 bridgehead atoms. The van der Waals surface area contributed by atoms with E-state index in [0.29, 0.717) is 30.1 Å². The molecule has 3 amide bonds. The van der Waals surface area contributed by atoms with Crippen molar-refractivity contribution < 1.29 is 14.4 Å². The molecule has 3 aliphatic rings. The van der Waals surface area contributed by atoms with Gasteiger partial charge in [0.25, 0.3) is 5.91 Å². The molecule has 35 heavy (non-hydrogen) atoms. The summed E-state index contributed by atoms with van der Waals surface area (Å²) in [5.74, 6) is 2.49. The zero-order valence-electron chi connectivity index (χ0n) is 19.8. The van der Waals surface area contributed by atoms with Gasteiger partial charge in [0, 0.05) is 31.3 Å². The van der Waals surface area contributed by atoms with Crippen LogP contribution in [0.15, 0.2) is 36.5 Å². The number of nitrogens with one attached hydrogen (secondary N) is 1. The molecular formula is C28H30N4O3. The molecule has 0 spiro atoms. The Morgan fingerprint density at radius 2 is 1.91 bits per heavy atom. The molecule has 2 saturated heterocycles. The van der Waals surface area contributed by atoms with Gasteiger partial charge >= 0.3 is 0 Å². The molecule has 0 saturated carbocycles. The molecule has 1 aromatic heterocycles. The van der Waals surface area contributed by atoms with Gasteiger partial charge in [0.05, 0.1) is 0 Å². The van der Waals surface area contributed by atoms with E-state index in [9.17, 15) is 14.4 Å². The van der Waals surface area contributed by atoms with Crippen molar-refractivity contribution in [2.75, 3.05) is 13.1 Å². The fourth-order valence-corrected chi connectivity index (χ4v) is 5.54. The van der Waals surface area contributed by atoms with Crippen LogP contribution in [0.3, 0.4) is 0 Å². The van der Waals surface area contributed by atoms with Crippen molar-refractivity contribution in [2.24, 2.45) is 5.92 Å². The highest BCUT2D eigenvalue weighted by atomic mass is 16.2. The molecule has 7 heteroatoms. The lowest BCUT2D eigenvalue weighted by Crippen LogP contribution is -2.52. The number of piperidine rings is 2. The maximum atomic E-state index is 13.0. The highest BCUT2D eigenvalue weighted by Gasteiger charge is 2.39. The van der Waals surface area contributed by atoms with Gasteiger partial charge in [-0.25, -0.2) is 4.98 Å². The molecule has 3 aliphatic heterocycles. The average Bonchev–Trinajstić information content (AvgIpc) is 3.21. The van der Waals surface area contributed by atoms with E-state index in [1.165, 1.54) is 11.1 Å². The van der Waals surface area contributed by atoms with E-state index in [2.05, 4.69) is 33.3 Å². The minimum absolute atomic E-state index is 0.102. The summed E-state index contributed by atoms with van der Waals surface area (Å²) in [4.78, 5) is 45.3. The van der Waals surface area contributed by atoms with Crippen LogP contribution in [0.5, 0.6) is 0 Å². The van der Waals surface area contributed by atoms with Crippen molar-refractivity contribution in [3.05, 3.63) is 64.5 Å². The van der Waals surface area contributed by atoms with Gasteiger partial charge in [-0.15, -0.1) is 6.42 Å². The number of aromatic nitrogens is 1. The fourth-order valence-electron chi connectivity index (χ4n) is 5.54. The van der Waals surface area contributed by atoms with Gasteiger partial charge in [-0.3, -0.25) is 24.6 Å². The lowest BCUT2D eigenvalue weighted by atomic mass is 9.89. The van der Waals surface area contributed by atoms with Gasteiger partial charge in [-0.05, 0) is 79.9 Å². The van der Waals surface area contributed by atoms with E-state index < -0.39 is 6.04 Å². The van der Waals surface area contributed by atoms with E-state index in [1.807, 2.05) is 24.4 Å². The van der Waals surface area contributed by atoms with Crippen LogP contribution in [0.25, 0.3) is 0 Å². The number of aryl methyl sites for hydroxylation is 1. The number of pyridine rings is 1. The number of rotatable bonds is 6. The van der Waals surface area contributed by atoms with Crippen molar-refractivity contribution in [1.82, 2.24) is 20.1 Å². The molecule has 1 N–H and O–H groups in total. The second-order valence-electron chi connectivity index (χ2n) is 9.80. The lowest BCUT2D eigenvalue weighted by molar-refractivity contribution is -0.136. The van der Waals surface area contributed by atoms with E-state index in [4.69, 9.17) is 6.42 Å².